The van der Waals surface area contributed by atoms with Gasteiger partial charge in [0, 0.05) is 13.1 Å². The highest BCUT2D eigenvalue weighted by Gasteiger charge is 2.29. The van der Waals surface area contributed by atoms with E-state index in [1.165, 1.54) is 13.1 Å². The quantitative estimate of drug-likeness (QED) is 0.353. The van der Waals surface area contributed by atoms with Crippen LogP contribution in [-0.4, -0.2) is 69.9 Å². The van der Waals surface area contributed by atoms with E-state index >= 15 is 0 Å². The molecule has 1 fully saturated rings. The molecule has 0 radical (unpaired) electrons. The van der Waals surface area contributed by atoms with Crippen molar-refractivity contribution < 1.29 is 27.5 Å². The van der Waals surface area contributed by atoms with E-state index in [-0.39, 0.29) is 12.5 Å². The molecule has 1 atom stereocenters. The second kappa shape index (κ2) is 13.1. The predicted molar refractivity (Wildman–Crippen MR) is 143 cm³/mol. The molecule has 0 spiro atoms. The van der Waals surface area contributed by atoms with E-state index in [9.17, 15) is 18.0 Å². The van der Waals surface area contributed by atoms with Gasteiger partial charge in [-0.05, 0) is 87.2 Å². The maximum absolute atomic E-state index is 12.7. The summed E-state index contributed by atoms with van der Waals surface area (Å²) in [7, 11) is -3.75. The Bertz CT molecular complexity index is 1180. The van der Waals surface area contributed by atoms with Gasteiger partial charge in [-0.1, -0.05) is 0 Å². The molecule has 0 unspecified atom stereocenters. The van der Waals surface area contributed by atoms with Gasteiger partial charge < -0.3 is 14.4 Å². The molecular formula is C26H34N4O6S. The zero-order chi connectivity index (χ0) is 26.8. The lowest BCUT2D eigenvalue weighted by Gasteiger charge is -2.27. The molecule has 0 bridgehead atoms. The minimum absolute atomic E-state index is 0.00737. The molecule has 1 aliphatic rings. The third-order valence-corrected chi connectivity index (χ3v) is 7.07. The van der Waals surface area contributed by atoms with Crippen molar-refractivity contribution in [3.63, 3.8) is 0 Å². The van der Waals surface area contributed by atoms with Gasteiger partial charge in [-0.3, -0.25) is 13.9 Å². The monoisotopic (exact) mass is 530 g/mol. The summed E-state index contributed by atoms with van der Waals surface area (Å²) in [6.07, 6.45) is 5.70. The van der Waals surface area contributed by atoms with E-state index in [0.717, 1.165) is 42.9 Å². The minimum atomic E-state index is -3.75. The topological polar surface area (TPSA) is 118 Å². The zero-order valence-electron chi connectivity index (χ0n) is 21.4. The first kappa shape index (κ1) is 28.0. The zero-order valence-corrected chi connectivity index (χ0v) is 22.2. The lowest BCUT2D eigenvalue weighted by molar-refractivity contribution is -0.134. The first-order chi connectivity index (χ1) is 17.7. The number of likely N-dealkylation sites (tertiary alicyclic amines) is 1. The predicted octanol–water partition coefficient (Wildman–Crippen LogP) is 2.78. The summed E-state index contributed by atoms with van der Waals surface area (Å²) < 4.78 is 36.9. The number of nitrogens with zero attached hydrogens (tertiary/aromatic N) is 3. The summed E-state index contributed by atoms with van der Waals surface area (Å²) >= 11 is 0. The fourth-order valence-electron chi connectivity index (χ4n) is 3.96. The summed E-state index contributed by atoms with van der Waals surface area (Å²) in [6.45, 7) is 5.38. The summed E-state index contributed by atoms with van der Waals surface area (Å²) in [4.78, 5) is 26.7. The van der Waals surface area contributed by atoms with Crippen molar-refractivity contribution in [2.45, 2.75) is 39.2 Å². The number of rotatable bonds is 11. The Hall–Kier alpha value is -3.60. The minimum Gasteiger partial charge on any atom is -0.494 e. The standard InChI is InChI=1S/C26H34N4O6S/c1-4-35-23-14-10-22(11-15-23)30(37(3,33)34)20(2)26(32)28-27-18-21-8-12-24(13-9-21)36-19-25(31)29-16-6-5-7-17-29/h8-15,18,20H,4-7,16-17,19H2,1-3H3,(H,28,32)/b27-18-/t20-/m0/s1. The largest absolute Gasteiger partial charge is 0.494 e. The summed E-state index contributed by atoms with van der Waals surface area (Å²) in [6, 6.07) is 12.3. The highest BCUT2D eigenvalue weighted by Crippen LogP contribution is 2.24. The summed E-state index contributed by atoms with van der Waals surface area (Å²) in [5.74, 6) is 0.549. The molecule has 2 aromatic carbocycles. The summed E-state index contributed by atoms with van der Waals surface area (Å²) in [5, 5.41) is 3.96. The molecule has 11 heteroatoms. The fourth-order valence-corrected chi connectivity index (χ4v) is 5.13. The number of carbonyl (C=O) groups is 2. The van der Waals surface area contributed by atoms with Gasteiger partial charge in [0.05, 0.1) is 24.8 Å². The average Bonchev–Trinajstić information content (AvgIpc) is 2.89. The maximum Gasteiger partial charge on any atom is 0.263 e. The van der Waals surface area contributed by atoms with Gasteiger partial charge in [-0.2, -0.15) is 5.10 Å². The molecule has 1 saturated heterocycles. The van der Waals surface area contributed by atoms with E-state index in [1.807, 2.05) is 11.8 Å². The number of benzene rings is 2. The van der Waals surface area contributed by atoms with E-state index in [1.54, 1.807) is 48.5 Å². The van der Waals surface area contributed by atoms with Crippen LogP contribution in [0, 0.1) is 0 Å². The van der Waals surface area contributed by atoms with Gasteiger partial charge in [-0.15, -0.1) is 0 Å². The number of hydrogen-bond donors (Lipinski definition) is 1. The maximum atomic E-state index is 12.7. The molecule has 1 aliphatic heterocycles. The number of hydrazone groups is 1. The first-order valence-corrected chi connectivity index (χ1v) is 14.1. The number of ether oxygens (including phenoxy) is 2. The number of nitrogens with one attached hydrogen (secondary N) is 1. The SMILES string of the molecule is CCOc1ccc(N([C@@H](C)C(=O)N/N=C\c2ccc(OCC(=O)N3CCCCC3)cc2)S(C)(=O)=O)cc1. The third kappa shape index (κ3) is 8.21. The van der Waals surface area contributed by atoms with Gasteiger partial charge in [0.1, 0.15) is 17.5 Å². The smallest absolute Gasteiger partial charge is 0.263 e. The van der Waals surface area contributed by atoms with Crippen molar-refractivity contribution in [2.24, 2.45) is 5.10 Å². The van der Waals surface area contributed by atoms with Crippen LogP contribution in [0.25, 0.3) is 0 Å². The van der Waals surface area contributed by atoms with Crippen molar-refractivity contribution in [1.29, 1.82) is 0 Å². The first-order valence-electron chi connectivity index (χ1n) is 12.2. The number of hydrogen-bond acceptors (Lipinski definition) is 7. The number of anilines is 1. The molecule has 0 aliphatic carbocycles. The van der Waals surface area contributed by atoms with Crippen molar-refractivity contribution in [1.82, 2.24) is 10.3 Å². The Morgan fingerprint density at radius 1 is 1.03 bits per heavy atom. The second-order valence-electron chi connectivity index (χ2n) is 8.70. The van der Waals surface area contributed by atoms with Crippen LogP contribution >= 0.6 is 0 Å². The number of sulfonamides is 1. The van der Waals surface area contributed by atoms with Crippen LogP contribution in [0.3, 0.4) is 0 Å². The Morgan fingerprint density at radius 3 is 2.22 bits per heavy atom. The van der Waals surface area contributed by atoms with E-state index in [2.05, 4.69) is 10.5 Å². The van der Waals surface area contributed by atoms with Crippen LogP contribution in [-0.2, 0) is 19.6 Å². The Labute approximate surface area is 218 Å². The lowest BCUT2D eigenvalue weighted by atomic mass is 10.1. The number of piperidine rings is 1. The Kier molecular flexibility index (Phi) is 9.90. The molecule has 0 saturated carbocycles. The van der Waals surface area contributed by atoms with Crippen molar-refractivity contribution in [3.8, 4) is 11.5 Å². The van der Waals surface area contributed by atoms with Crippen LogP contribution in [0.5, 0.6) is 11.5 Å². The molecule has 1 N–H and O–H groups in total. The molecular weight excluding hydrogens is 496 g/mol. The van der Waals surface area contributed by atoms with Crippen LogP contribution in [0.1, 0.15) is 38.7 Å². The highest BCUT2D eigenvalue weighted by molar-refractivity contribution is 7.92. The van der Waals surface area contributed by atoms with Gasteiger partial charge in [0.2, 0.25) is 10.0 Å². The van der Waals surface area contributed by atoms with E-state index in [0.29, 0.717) is 29.4 Å². The fraction of sp³-hybridized carbons (Fsp3) is 0.423. The highest BCUT2D eigenvalue weighted by atomic mass is 32.2. The third-order valence-electron chi connectivity index (χ3n) is 5.83. The lowest BCUT2D eigenvalue weighted by Crippen LogP contribution is -2.46. The van der Waals surface area contributed by atoms with Gasteiger partial charge >= 0.3 is 0 Å². The van der Waals surface area contributed by atoms with E-state index < -0.39 is 22.0 Å². The molecule has 10 nitrogen and oxygen atoms in total. The van der Waals surface area contributed by atoms with Gasteiger partial charge in [0.25, 0.3) is 11.8 Å². The van der Waals surface area contributed by atoms with Crippen molar-refractivity contribution >= 4 is 33.7 Å². The molecule has 0 aromatic heterocycles. The second-order valence-corrected chi connectivity index (χ2v) is 10.6. The van der Waals surface area contributed by atoms with Crippen molar-refractivity contribution in [3.05, 3.63) is 54.1 Å². The van der Waals surface area contributed by atoms with Crippen molar-refractivity contribution in [2.75, 3.05) is 36.9 Å². The molecule has 2 aromatic rings. The Morgan fingerprint density at radius 2 is 1.62 bits per heavy atom. The molecule has 1 heterocycles. The average molecular weight is 531 g/mol. The Balaban J connectivity index is 1.55. The van der Waals surface area contributed by atoms with Gasteiger partial charge in [0.15, 0.2) is 6.61 Å². The molecule has 2 amide bonds. The van der Waals surface area contributed by atoms with E-state index in [4.69, 9.17) is 9.47 Å². The number of amides is 2. The normalized spacial score (nSPS) is 14.7. The number of carbonyl (C=O) groups excluding carboxylic acids is 2. The van der Waals surface area contributed by atoms with Gasteiger partial charge in [-0.25, -0.2) is 13.8 Å². The molecule has 3 rings (SSSR count). The van der Waals surface area contributed by atoms with Crippen LogP contribution in [0.4, 0.5) is 5.69 Å². The van der Waals surface area contributed by atoms with Crippen LogP contribution in [0.2, 0.25) is 0 Å². The van der Waals surface area contributed by atoms with Crippen LogP contribution in [0.15, 0.2) is 53.6 Å². The summed E-state index contributed by atoms with van der Waals surface area (Å²) in [5.41, 5.74) is 3.42. The molecule has 200 valence electrons. The van der Waals surface area contributed by atoms with Crippen LogP contribution < -0.4 is 19.2 Å². The molecule has 37 heavy (non-hydrogen) atoms.